The molecule has 1 saturated heterocycles. The molecule has 0 radical (unpaired) electrons. The topological polar surface area (TPSA) is 122 Å². The van der Waals surface area contributed by atoms with Gasteiger partial charge < -0.3 is 14.6 Å². The number of carboxylic acid groups (broad SMARTS) is 1. The van der Waals surface area contributed by atoms with Crippen molar-refractivity contribution in [3.8, 4) is 11.5 Å². The van der Waals surface area contributed by atoms with E-state index in [-0.39, 0.29) is 17.7 Å². The highest BCUT2D eigenvalue weighted by molar-refractivity contribution is 9.10. The van der Waals surface area contributed by atoms with Crippen molar-refractivity contribution in [3.63, 3.8) is 0 Å². The van der Waals surface area contributed by atoms with Gasteiger partial charge in [0.1, 0.15) is 23.7 Å². The number of imide groups is 2. The van der Waals surface area contributed by atoms with E-state index in [1.807, 2.05) is 6.92 Å². The zero-order chi connectivity index (χ0) is 26.5. The highest BCUT2D eigenvalue weighted by Crippen LogP contribution is 2.29. The van der Waals surface area contributed by atoms with E-state index in [1.54, 1.807) is 54.6 Å². The van der Waals surface area contributed by atoms with Gasteiger partial charge in [-0.1, -0.05) is 18.2 Å². The van der Waals surface area contributed by atoms with Crippen LogP contribution in [0.2, 0.25) is 0 Å². The molecule has 0 aromatic heterocycles. The Morgan fingerprint density at radius 1 is 1.00 bits per heavy atom. The van der Waals surface area contributed by atoms with Crippen LogP contribution in [0.25, 0.3) is 6.08 Å². The molecule has 4 rings (SSSR count). The fourth-order valence-corrected chi connectivity index (χ4v) is 4.06. The van der Waals surface area contributed by atoms with Gasteiger partial charge in [0.05, 0.1) is 22.3 Å². The Balaban J connectivity index is 1.51. The van der Waals surface area contributed by atoms with Gasteiger partial charge in [0.15, 0.2) is 0 Å². The molecule has 9 nitrogen and oxygen atoms in total. The second-order valence-electron chi connectivity index (χ2n) is 7.87. The van der Waals surface area contributed by atoms with E-state index in [0.29, 0.717) is 33.8 Å². The van der Waals surface area contributed by atoms with Gasteiger partial charge >= 0.3 is 12.0 Å². The zero-order valence-electron chi connectivity index (χ0n) is 19.6. The van der Waals surface area contributed by atoms with E-state index >= 15 is 0 Å². The molecule has 188 valence electrons. The van der Waals surface area contributed by atoms with Gasteiger partial charge in [-0.05, 0) is 88.6 Å². The summed E-state index contributed by atoms with van der Waals surface area (Å²) in [4.78, 5) is 49.9. The zero-order valence-corrected chi connectivity index (χ0v) is 21.2. The Hall–Kier alpha value is -4.44. The minimum atomic E-state index is -1.00. The molecular weight excluding hydrogens is 544 g/mol. The van der Waals surface area contributed by atoms with Gasteiger partial charge in [-0.3, -0.25) is 14.9 Å². The van der Waals surface area contributed by atoms with Crippen LogP contribution in [0, 0.1) is 0 Å². The van der Waals surface area contributed by atoms with Gasteiger partial charge in [-0.15, -0.1) is 0 Å². The lowest BCUT2D eigenvalue weighted by atomic mass is 10.1. The number of rotatable bonds is 8. The fourth-order valence-electron chi connectivity index (χ4n) is 3.55. The molecule has 0 aliphatic carbocycles. The van der Waals surface area contributed by atoms with E-state index in [1.165, 1.54) is 18.2 Å². The number of urea groups is 1. The van der Waals surface area contributed by atoms with Crippen LogP contribution < -0.4 is 19.7 Å². The number of carbonyl (C=O) groups excluding carboxylic acids is 3. The number of hydrogen-bond donors (Lipinski definition) is 2. The summed E-state index contributed by atoms with van der Waals surface area (Å²) in [5, 5.41) is 11.2. The molecule has 3 aromatic carbocycles. The predicted octanol–water partition coefficient (Wildman–Crippen LogP) is 4.79. The number of barbiturate groups is 1. The van der Waals surface area contributed by atoms with Crippen molar-refractivity contribution in [1.82, 2.24) is 5.32 Å². The van der Waals surface area contributed by atoms with Crippen molar-refractivity contribution >= 4 is 51.5 Å². The molecule has 0 bridgehead atoms. The summed E-state index contributed by atoms with van der Waals surface area (Å²) in [6.45, 7) is 2.53. The number of aromatic carboxylic acids is 1. The van der Waals surface area contributed by atoms with Crippen LogP contribution in [-0.4, -0.2) is 35.5 Å². The third kappa shape index (κ3) is 5.87. The summed E-state index contributed by atoms with van der Waals surface area (Å²) < 4.78 is 11.8. The third-order valence-electron chi connectivity index (χ3n) is 5.37. The molecule has 1 aliphatic heterocycles. The Labute approximate surface area is 220 Å². The van der Waals surface area contributed by atoms with Crippen LogP contribution in [0.4, 0.5) is 10.5 Å². The molecule has 10 heteroatoms. The van der Waals surface area contributed by atoms with Crippen molar-refractivity contribution in [2.75, 3.05) is 11.5 Å². The summed E-state index contributed by atoms with van der Waals surface area (Å²) in [6.07, 6.45) is 1.39. The van der Waals surface area contributed by atoms with Crippen LogP contribution in [0.15, 0.2) is 76.8 Å². The number of anilines is 1. The molecule has 1 heterocycles. The van der Waals surface area contributed by atoms with Crippen molar-refractivity contribution in [2.24, 2.45) is 0 Å². The van der Waals surface area contributed by atoms with Gasteiger partial charge in [0.25, 0.3) is 11.8 Å². The van der Waals surface area contributed by atoms with E-state index in [9.17, 15) is 19.2 Å². The SMILES string of the molecule is CCOc1ccc(N2C(=O)NC(=O)C(=Cc3ccc(OCc4ccc(C(=O)O)cc4)c(Br)c3)C2=O)cc1. The number of carbonyl (C=O) groups is 4. The first-order chi connectivity index (χ1) is 17.8. The van der Waals surface area contributed by atoms with Gasteiger partial charge in [0, 0.05) is 0 Å². The molecule has 0 saturated carbocycles. The molecule has 0 unspecified atom stereocenters. The first-order valence-electron chi connectivity index (χ1n) is 11.2. The van der Waals surface area contributed by atoms with Crippen LogP contribution in [0.5, 0.6) is 11.5 Å². The summed E-state index contributed by atoms with van der Waals surface area (Å²) in [7, 11) is 0. The van der Waals surface area contributed by atoms with Gasteiger partial charge in [0.2, 0.25) is 0 Å². The average molecular weight is 565 g/mol. The second kappa shape index (κ2) is 11.1. The number of halogens is 1. The van der Waals surface area contributed by atoms with Crippen molar-refractivity contribution < 1.29 is 33.8 Å². The first-order valence-corrected chi connectivity index (χ1v) is 11.9. The predicted molar refractivity (Wildman–Crippen MR) is 138 cm³/mol. The molecule has 4 amide bonds. The van der Waals surface area contributed by atoms with Gasteiger partial charge in [-0.25, -0.2) is 14.5 Å². The Morgan fingerprint density at radius 2 is 1.70 bits per heavy atom. The summed E-state index contributed by atoms with van der Waals surface area (Å²) in [5.74, 6) is -1.45. The number of nitrogens with zero attached hydrogens (tertiary/aromatic N) is 1. The summed E-state index contributed by atoms with van der Waals surface area (Å²) >= 11 is 3.43. The van der Waals surface area contributed by atoms with E-state index in [4.69, 9.17) is 14.6 Å². The number of nitrogens with one attached hydrogen (secondary N) is 1. The van der Waals surface area contributed by atoms with Crippen molar-refractivity contribution in [1.29, 1.82) is 0 Å². The standard InChI is InChI=1S/C27H21BrN2O7/c1-2-36-20-10-8-19(9-11-20)30-25(32)21(24(31)29-27(30)35)13-17-5-12-23(22(28)14-17)37-15-16-3-6-18(7-4-16)26(33)34/h3-14H,2,15H2,1H3,(H,33,34)(H,29,31,35). The number of ether oxygens (including phenoxy) is 2. The Bertz CT molecular complexity index is 1400. The average Bonchev–Trinajstić information content (AvgIpc) is 2.87. The lowest BCUT2D eigenvalue weighted by Gasteiger charge is -2.26. The molecule has 3 aromatic rings. The number of amides is 4. The third-order valence-corrected chi connectivity index (χ3v) is 5.99. The van der Waals surface area contributed by atoms with Crippen LogP contribution in [-0.2, 0) is 16.2 Å². The van der Waals surface area contributed by atoms with E-state index in [2.05, 4.69) is 21.2 Å². The van der Waals surface area contributed by atoms with Gasteiger partial charge in [-0.2, -0.15) is 0 Å². The molecule has 37 heavy (non-hydrogen) atoms. The normalized spacial score (nSPS) is 14.5. The maximum Gasteiger partial charge on any atom is 0.335 e. The van der Waals surface area contributed by atoms with E-state index in [0.717, 1.165) is 10.5 Å². The highest BCUT2D eigenvalue weighted by Gasteiger charge is 2.36. The molecular formula is C27H21BrN2O7. The number of benzene rings is 3. The van der Waals surface area contributed by atoms with Crippen LogP contribution >= 0.6 is 15.9 Å². The maximum absolute atomic E-state index is 13.1. The van der Waals surface area contributed by atoms with Crippen molar-refractivity contribution in [3.05, 3.63) is 93.5 Å². The smallest absolute Gasteiger partial charge is 0.335 e. The Kier molecular flexibility index (Phi) is 7.69. The molecule has 2 N–H and O–H groups in total. The fraction of sp³-hybridized carbons (Fsp3) is 0.111. The number of carboxylic acids is 1. The monoisotopic (exact) mass is 564 g/mol. The minimum absolute atomic E-state index is 0.186. The summed E-state index contributed by atoms with van der Waals surface area (Å²) in [6, 6.07) is 16.9. The largest absolute Gasteiger partial charge is 0.494 e. The van der Waals surface area contributed by atoms with Crippen LogP contribution in [0.3, 0.4) is 0 Å². The lowest BCUT2D eigenvalue weighted by molar-refractivity contribution is -0.122. The summed E-state index contributed by atoms with van der Waals surface area (Å²) in [5.41, 5.74) is 1.60. The lowest BCUT2D eigenvalue weighted by Crippen LogP contribution is -2.54. The molecule has 1 aliphatic rings. The molecule has 1 fully saturated rings. The number of hydrogen-bond acceptors (Lipinski definition) is 6. The quantitative estimate of drug-likeness (QED) is 0.298. The Morgan fingerprint density at radius 3 is 2.32 bits per heavy atom. The van der Waals surface area contributed by atoms with Crippen molar-refractivity contribution in [2.45, 2.75) is 13.5 Å². The van der Waals surface area contributed by atoms with E-state index < -0.39 is 23.8 Å². The molecule has 0 atom stereocenters. The highest BCUT2D eigenvalue weighted by atomic mass is 79.9. The van der Waals surface area contributed by atoms with Crippen LogP contribution in [0.1, 0.15) is 28.4 Å². The first kappa shape index (κ1) is 25.6. The molecule has 0 spiro atoms. The second-order valence-corrected chi connectivity index (χ2v) is 8.72. The maximum atomic E-state index is 13.1. The minimum Gasteiger partial charge on any atom is -0.494 e.